The number of unbranched alkanes of at least 4 members (excludes halogenated alkanes) is 8. The van der Waals surface area contributed by atoms with Gasteiger partial charge in [0.25, 0.3) is 0 Å². The van der Waals surface area contributed by atoms with Gasteiger partial charge in [-0.1, -0.05) is 0 Å². The van der Waals surface area contributed by atoms with E-state index in [4.69, 9.17) is 0 Å². The van der Waals surface area contributed by atoms with Crippen molar-refractivity contribution in [1.82, 2.24) is 0 Å². The number of halogens is 1. The average molecular weight is 431 g/mol. The van der Waals surface area contributed by atoms with Crippen molar-refractivity contribution in [1.29, 1.82) is 0 Å². The van der Waals surface area contributed by atoms with Gasteiger partial charge in [-0.2, -0.15) is 9.90 Å². The fourth-order valence-electron chi connectivity index (χ4n) is 3.69. The van der Waals surface area contributed by atoms with Gasteiger partial charge in [-0.15, -0.1) is 17.0 Å². The van der Waals surface area contributed by atoms with E-state index in [1.165, 1.54) is 70.6 Å². The fourth-order valence-corrected chi connectivity index (χ4v) is 9.50. The summed E-state index contributed by atoms with van der Waals surface area (Å²) in [5, 5.41) is 0. The fraction of sp³-hybridized carbons (Fsp3) is 1.00. The number of hydrogen-bond donors (Lipinski definition) is 0. The minimum absolute atomic E-state index is 0. The van der Waals surface area contributed by atoms with Crippen LogP contribution in [-0.4, -0.2) is 24.6 Å². The Bertz CT molecular complexity index is 188. The predicted molar refractivity (Wildman–Crippen MR) is 127 cm³/mol. The molecule has 0 radical (unpaired) electrons. The Morgan fingerprint density at radius 3 is 1.13 bits per heavy atom. The van der Waals surface area contributed by atoms with Gasteiger partial charge in [0.15, 0.2) is 0 Å². The summed E-state index contributed by atoms with van der Waals surface area (Å²) < 4.78 is 0. The molecular formula is C20H49BrP2. The van der Waals surface area contributed by atoms with Crippen molar-refractivity contribution < 1.29 is 0 Å². The van der Waals surface area contributed by atoms with Crippen molar-refractivity contribution in [2.75, 3.05) is 24.6 Å². The van der Waals surface area contributed by atoms with Gasteiger partial charge in [0.1, 0.15) is 0 Å². The molecule has 0 spiro atoms. The Balaban J connectivity index is -0.00000200. The van der Waals surface area contributed by atoms with Crippen molar-refractivity contribution in [3.63, 3.8) is 0 Å². The van der Waals surface area contributed by atoms with Crippen LogP contribution in [0.15, 0.2) is 0 Å². The average Bonchev–Trinajstić information content (AvgIpc) is 2.51. The van der Waals surface area contributed by atoms with E-state index in [1.807, 2.05) is 0 Å². The van der Waals surface area contributed by atoms with Crippen molar-refractivity contribution in [2.24, 2.45) is 0 Å². The molecular weight excluding hydrogens is 382 g/mol. The van der Waals surface area contributed by atoms with Gasteiger partial charge in [-0.25, -0.2) is 0 Å². The largest absolute Gasteiger partial charge is 0.153 e. The molecule has 0 aliphatic carbocycles. The maximum atomic E-state index is 2.38. The first-order valence-corrected chi connectivity index (χ1v) is 13.1. The van der Waals surface area contributed by atoms with E-state index >= 15 is 0 Å². The summed E-state index contributed by atoms with van der Waals surface area (Å²) in [7, 11) is -0.927. The standard InChI is InChI=1S/C20H45P.BrH.H3P/c1-5-9-13-14-15-16-20-21(17-10-6-2,18-11-7-3)19-12-8-4;;/h21H,5-20H2,1-4H3;1H;1H3. The van der Waals surface area contributed by atoms with E-state index < -0.39 is 7.26 Å². The van der Waals surface area contributed by atoms with Crippen LogP contribution in [0.1, 0.15) is 105 Å². The maximum absolute atomic E-state index is 2.38. The minimum atomic E-state index is -0.927. The zero-order valence-corrected chi connectivity index (χ0v) is 21.1. The van der Waals surface area contributed by atoms with E-state index in [1.54, 1.807) is 31.1 Å². The molecule has 0 N–H and O–H groups in total. The molecule has 0 saturated carbocycles. The molecule has 0 bridgehead atoms. The van der Waals surface area contributed by atoms with Gasteiger partial charge in [0, 0.05) is 0 Å². The molecule has 0 aromatic rings. The van der Waals surface area contributed by atoms with Crippen LogP contribution in [0.2, 0.25) is 0 Å². The summed E-state index contributed by atoms with van der Waals surface area (Å²) in [6.45, 7) is 9.45. The molecule has 1 atom stereocenters. The Morgan fingerprint density at radius 2 is 0.739 bits per heavy atom. The molecule has 0 heterocycles. The van der Waals surface area contributed by atoms with Crippen LogP contribution in [0.25, 0.3) is 0 Å². The van der Waals surface area contributed by atoms with E-state index in [9.17, 15) is 0 Å². The van der Waals surface area contributed by atoms with Crippen LogP contribution >= 0.6 is 34.1 Å². The molecule has 1 unspecified atom stereocenters. The predicted octanol–water partition coefficient (Wildman–Crippen LogP) is 8.13. The SMILES string of the molecule is Br.CCCCCCCC[PH](CCCC)(CCCC)CCCC.P. The van der Waals surface area contributed by atoms with E-state index in [2.05, 4.69) is 27.7 Å². The van der Waals surface area contributed by atoms with Gasteiger partial charge >= 0.3 is 137 Å². The van der Waals surface area contributed by atoms with Crippen LogP contribution in [-0.2, 0) is 0 Å². The monoisotopic (exact) mass is 430 g/mol. The zero-order valence-electron chi connectivity index (χ0n) is 16.9. The van der Waals surface area contributed by atoms with Crippen molar-refractivity contribution in [3.8, 4) is 0 Å². The smallest absolute Gasteiger partial charge is 0.153 e. The second-order valence-corrected chi connectivity index (χ2v) is 12.3. The molecule has 0 rings (SSSR count). The quantitative estimate of drug-likeness (QED) is 0.171. The van der Waals surface area contributed by atoms with Crippen LogP contribution < -0.4 is 0 Å². The summed E-state index contributed by atoms with van der Waals surface area (Å²) in [5.41, 5.74) is 0. The molecule has 3 heteroatoms. The van der Waals surface area contributed by atoms with Gasteiger partial charge in [-0.05, 0) is 0 Å². The summed E-state index contributed by atoms with van der Waals surface area (Å²) >= 11 is 0. The summed E-state index contributed by atoms with van der Waals surface area (Å²) in [6.07, 6.45) is 24.2. The molecule has 23 heavy (non-hydrogen) atoms. The molecule has 0 saturated heterocycles. The van der Waals surface area contributed by atoms with Crippen molar-refractivity contribution in [2.45, 2.75) is 105 Å². The molecule has 0 nitrogen and oxygen atoms in total. The topological polar surface area (TPSA) is 0 Å². The van der Waals surface area contributed by atoms with Crippen LogP contribution in [0.5, 0.6) is 0 Å². The van der Waals surface area contributed by atoms with Crippen molar-refractivity contribution >= 4 is 34.1 Å². The van der Waals surface area contributed by atoms with Crippen LogP contribution in [0.3, 0.4) is 0 Å². The van der Waals surface area contributed by atoms with Gasteiger partial charge in [0.2, 0.25) is 0 Å². The molecule has 0 aromatic carbocycles. The Morgan fingerprint density at radius 1 is 0.435 bits per heavy atom. The first kappa shape index (κ1) is 29.1. The van der Waals surface area contributed by atoms with Gasteiger partial charge in [0.05, 0.1) is 0 Å². The minimum Gasteiger partial charge on any atom is -0.153 e. The molecule has 0 fully saturated rings. The zero-order chi connectivity index (χ0) is 15.8. The van der Waals surface area contributed by atoms with E-state index in [0.717, 1.165) is 0 Å². The number of rotatable bonds is 16. The summed E-state index contributed by atoms with van der Waals surface area (Å²) in [5.74, 6) is 0. The maximum Gasteiger partial charge on any atom is -0.153 e. The normalized spacial score (nSPS) is 11.7. The molecule has 0 aliphatic rings. The van der Waals surface area contributed by atoms with Gasteiger partial charge in [-0.3, -0.25) is 0 Å². The molecule has 0 aliphatic heterocycles. The number of hydrogen-bond acceptors (Lipinski definition) is 0. The van der Waals surface area contributed by atoms with E-state index in [-0.39, 0.29) is 26.9 Å². The van der Waals surface area contributed by atoms with E-state index in [0.29, 0.717) is 0 Å². The third-order valence-corrected chi connectivity index (χ3v) is 10.9. The third kappa shape index (κ3) is 16.6. The Kier molecular flexibility index (Phi) is 27.1. The van der Waals surface area contributed by atoms with Gasteiger partial charge < -0.3 is 0 Å². The third-order valence-electron chi connectivity index (χ3n) is 5.24. The molecule has 146 valence electrons. The second-order valence-electron chi connectivity index (χ2n) is 7.33. The Hall–Kier alpha value is 1.34. The second kappa shape index (κ2) is 21.4. The molecule has 0 aromatic heterocycles. The first-order valence-electron chi connectivity index (χ1n) is 10.2. The van der Waals surface area contributed by atoms with Crippen LogP contribution in [0, 0.1) is 0 Å². The van der Waals surface area contributed by atoms with Crippen molar-refractivity contribution in [3.05, 3.63) is 0 Å². The molecule has 0 amide bonds. The Labute approximate surface area is 163 Å². The summed E-state index contributed by atoms with van der Waals surface area (Å²) in [4.78, 5) is 0. The first-order chi connectivity index (χ1) is 10.2. The van der Waals surface area contributed by atoms with Crippen LogP contribution in [0.4, 0.5) is 0 Å². The summed E-state index contributed by atoms with van der Waals surface area (Å²) in [6, 6.07) is 0.